The largest absolute Gasteiger partial charge is 0.481 e. The number of methoxy groups -OCH3 is 1. The number of halogens is 1. The van der Waals surface area contributed by atoms with E-state index in [4.69, 9.17) is 16.3 Å². The fourth-order valence-corrected chi connectivity index (χ4v) is 2.20. The molecule has 0 bridgehead atoms. The first-order valence-electron chi connectivity index (χ1n) is 5.61. The lowest BCUT2D eigenvalue weighted by molar-refractivity contribution is 0.395. The van der Waals surface area contributed by atoms with Crippen LogP contribution in [0.4, 0.5) is 5.82 Å². The Bertz CT molecular complexity index is 359. The third kappa shape index (κ3) is 2.40. The highest BCUT2D eigenvalue weighted by molar-refractivity contribution is 6.20. The van der Waals surface area contributed by atoms with Gasteiger partial charge in [0.1, 0.15) is 5.82 Å². The van der Waals surface area contributed by atoms with Crippen molar-refractivity contribution in [2.24, 2.45) is 5.92 Å². The fraction of sp³-hybridized carbons (Fsp3) is 0.583. The zero-order valence-corrected chi connectivity index (χ0v) is 10.4. The van der Waals surface area contributed by atoms with Crippen LogP contribution in [0.25, 0.3) is 0 Å². The van der Waals surface area contributed by atoms with Crippen molar-refractivity contribution in [3.63, 3.8) is 0 Å². The molecule has 1 saturated heterocycles. The average Bonchev–Trinajstić information content (AvgIpc) is 2.33. The van der Waals surface area contributed by atoms with E-state index in [9.17, 15) is 0 Å². The average molecular weight is 241 g/mol. The summed E-state index contributed by atoms with van der Waals surface area (Å²) in [5, 5.41) is 0.293. The third-order valence-corrected chi connectivity index (χ3v) is 3.69. The molecule has 0 saturated carbocycles. The summed E-state index contributed by atoms with van der Waals surface area (Å²) in [5.74, 6) is 2.15. The molecule has 1 aliphatic rings. The SMILES string of the molecule is COc1cccc(N2CCC(Cl)C(C)C2)n1. The van der Waals surface area contributed by atoms with Crippen LogP contribution >= 0.6 is 11.6 Å². The second-order valence-corrected chi connectivity index (χ2v) is 4.83. The molecule has 0 aliphatic carbocycles. The van der Waals surface area contributed by atoms with Gasteiger partial charge in [0, 0.05) is 24.5 Å². The van der Waals surface area contributed by atoms with E-state index >= 15 is 0 Å². The zero-order valence-electron chi connectivity index (χ0n) is 9.69. The Balaban J connectivity index is 2.12. The van der Waals surface area contributed by atoms with E-state index in [1.54, 1.807) is 7.11 Å². The lowest BCUT2D eigenvalue weighted by Gasteiger charge is -2.34. The van der Waals surface area contributed by atoms with E-state index in [1.807, 2.05) is 18.2 Å². The summed E-state index contributed by atoms with van der Waals surface area (Å²) in [7, 11) is 1.64. The van der Waals surface area contributed by atoms with Gasteiger partial charge in [-0.3, -0.25) is 0 Å². The van der Waals surface area contributed by atoms with Gasteiger partial charge in [0.25, 0.3) is 0 Å². The molecular formula is C12H17ClN2O. The van der Waals surface area contributed by atoms with Crippen molar-refractivity contribution in [3.8, 4) is 5.88 Å². The van der Waals surface area contributed by atoms with E-state index in [0.29, 0.717) is 17.2 Å². The first-order valence-corrected chi connectivity index (χ1v) is 6.04. The molecule has 1 fully saturated rings. The normalized spacial score (nSPS) is 25.6. The zero-order chi connectivity index (χ0) is 11.5. The Morgan fingerprint density at radius 3 is 3.00 bits per heavy atom. The molecule has 4 heteroatoms. The molecule has 1 aromatic rings. The highest BCUT2D eigenvalue weighted by Gasteiger charge is 2.24. The van der Waals surface area contributed by atoms with Gasteiger partial charge in [0.2, 0.25) is 5.88 Å². The van der Waals surface area contributed by atoms with Crippen molar-refractivity contribution in [2.75, 3.05) is 25.1 Å². The molecule has 1 aromatic heterocycles. The van der Waals surface area contributed by atoms with Crippen molar-refractivity contribution < 1.29 is 4.74 Å². The predicted molar refractivity (Wildman–Crippen MR) is 66.4 cm³/mol. The molecule has 3 nitrogen and oxygen atoms in total. The summed E-state index contributed by atoms with van der Waals surface area (Å²) in [6.45, 7) is 4.12. The van der Waals surface area contributed by atoms with E-state index in [2.05, 4.69) is 16.8 Å². The number of pyridine rings is 1. The second-order valence-electron chi connectivity index (χ2n) is 4.27. The van der Waals surface area contributed by atoms with Crippen molar-refractivity contribution in [1.82, 2.24) is 4.98 Å². The Hall–Kier alpha value is -0.960. The summed E-state index contributed by atoms with van der Waals surface area (Å²) < 4.78 is 5.13. The minimum Gasteiger partial charge on any atom is -0.481 e. The van der Waals surface area contributed by atoms with Crippen LogP contribution in [-0.4, -0.2) is 30.6 Å². The number of aromatic nitrogens is 1. The Labute approximate surface area is 101 Å². The summed E-state index contributed by atoms with van der Waals surface area (Å²) >= 11 is 6.21. The fourth-order valence-electron chi connectivity index (χ4n) is 2.02. The standard InChI is InChI=1S/C12H17ClN2O/c1-9-8-15(7-6-10(9)13)11-4-3-5-12(14-11)16-2/h3-5,9-10H,6-8H2,1-2H3. The first-order chi connectivity index (χ1) is 7.70. The topological polar surface area (TPSA) is 25.4 Å². The molecular weight excluding hydrogens is 224 g/mol. The Morgan fingerprint density at radius 2 is 2.31 bits per heavy atom. The van der Waals surface area contributed by atoms with Crippen LogP contribution in [-0.2, 0) is 0 Å². The number of anilines is 1. The highest BCUT2D eigenvalue weighted by atomic mass is 35.5. The summed E-state index contributed by atoms with van der Waals surface area (Å²) in [6, 6.07) is 5.85. The van der Waals surface area contributed by atoms with Crippen molar-refractivity contribution in [3.05, 3.63) is 18.2 Å². The van der Waals surface area contributed by atoms with Gasteiger partial charge in [-0.1, -0.05) is 13.0 Å². The van der Waals surface area contributed by atoms with Crippen molar-refractivity contribution in [2.45, 2.75) is 18.7 Å². The molecule has 0 spiro atoms. The molecule has 0 radical (unpaired) electrons. The van der Waals surface area contributed by atoms with Crippen molar-refractivity contribution >= 4 is 17.4 Å². The number of hydrogen-bond acceptors (Lipinski definition) is 3. The number of piperidine rings is 1. The highest BCUT2D eigenvalue weighted by Crippen LogP contribution is 2.26. The van der Waals surface area contributed by atoms with Crippen LogP contribution in [0.1, 0.15) is 13.3 Å². The molecule has 2 atom stereocenters. The summed E-state index contributed by atoms with van der Waals surface area (Å²) in [5.41, 5.74) is 0. The van der Waals surface area contributed by atoms with Crippen LogP contribution in [0, 0.1) is 5.92 Å². The number of rotatable bonds is 2. The minimum absolute atomic E-state index is 0.293. The Morgan fingerprint density at radius 1 is 1.50 bits per heavy atom. The van der Waals surface area contributed by atoms with Gasteiger partial charge in [-0.2, -0.15) is 4.98 Å². The monoisotopic (exact) mass is 240 g/mol. The van der Waals surface area contributed by atoms with Crippen LogP contribution in [0.3, 0.4) is 0 Å². The van der Waals surface area contributed by atoms with Gasteiger partial charge < -0.3 is 9.64 Å². The van der Waals surface area contributed by atoms with Gasteiger partial charge in [0.05, 0.1) is 7.11 Å². The van der Waals surface area contributed by atoms with Gasteiger partial charge in [-0.15, -0.1) is 11.6 Å². The molecule has 16 heavy (non-hydrogen) atoms. The van der Waals surface area contributed by atoms with Gasteiger partial charge >= 0.3 is 0 Å². The first kappa shape index (κ1) is 11.5. The minimum atomic E-state index is 0.293. The summed E-state index contributed by atoms with van der Waals surface area (Å²) in [6.07, 6.45) is 1.02. The van der Waals surface area contributed by atoms with E-state index < -0.39 is 0 Å². The molecule has 0 amide bonds. The smallest absolute Gasteiger partial charge is 0.214 e. The lowest BCUT2D eigenvalue weighted by atomic mass is 10.00. The van der Waals surface area contributed by atoms with Crippen LogP contribution in [0.15, 0.2) is 18.2 Å². The number of ether oxygens (including phenoxy) is 1. The number of hydrogen-bond donors (Lipinski definition) is 0. The molecule has 1 aliphatic heterocycles. The van der Waals surface area contributed by atoms with E-state index in [-0.39, 0.29) is 0 Å². The molecule has 2 unspecified atom stereocenters. The second kappa shape index (κ2) is 4.91. The molecule has 88 valence electrons. The maximum absolute atomic E-state index is 6.21. The van der Waals surface area contributed by atoms with E-state index in [0.717, 1.165) is 25.3 Å². The quantitative estimate of drug-likeness (QED) is 0.743. The molecule has 0 aromatic carbocycles. The lowest BCUT2D eigenvalue weighted by Crippen LogP contribution is -2.40. The van der Waals surface area contributed by atoms with Crippen LogP contribution < -0.4 is 9.64 Å². The Kier molecular flexibility index (Phi) is 3.54. The number of nitrogens with zero attached hydrogens (tertiary/aromatic N) is 2. The van der Waals surface area contributed by atoms with E-state index in [1.165, 1.54) is 0 Å². The molecule has 2 heterocycles. The molecule has 2 rings (SSSR count). The maximum Gasteiger partial charge on any atom is 0.214 e. The van der Waals surface area contributed by atoms with Gasteiger partial charge in [0.15, 0.2) is 0 Å². The molecule has 0 N–H and O–H groups in total. The van der Waals surface area contributed by atoms with Gasteiger partial charge in [-0.05, 0) is 18.4 Å². The predicted octanol–water partition coefficient (Wildman–Crippen LogP) is 2.54. The maximum atomic E-state index is 6.21. The number of alkyl halides is 1. The summed E-state index contributed by atoms with van der Waals surface area (Å²) in [4.78, 5) is 6.70. The van der Waals surface area contributed by atoms with Crippen LogP contribution in [0.2, 0.25) is 0 Å². The van der Waals surface area contributed by atoms with Crippen molar-refractivity contribution in [1.29, 1.82) is 0 Å². The third-order valence-electron chi connectivity index (χ3n) is 3.04. The van der Waals surface area contributed by atoms with Crippen LogP contribution in [0.5, 0.6) is 5.88 Å². The van der Waals surface area contributed by atoms with Gasteiger partial charge in [-0.25, -0.2) is 0 Å².